The number of carbonyl (C=O) groups excluding carboxylic acids is 1. The van der Waals surface area contributed by atoms with Gasteiger partial charge in [-0.15, -0.1) is 0 Å². The Morgan fingerprint density at radius 3 is 2.72 bits per heavy atom. The summed E-state index contributed by atoms with van der Waals surface area (Å²) in [6.45, 7) is 4.41. The molecule has 1 aromatic carbocycles. The smallest absolute Gasteiger partial charge is 0.251 e. The van der Waals surface area contributed by atoms with E-state index in [1.165, 1.54) is 12.1 Å². The zero-order chi connectivity index (χ0) is 13.3. The predicted molar refractivity (Wildman–Crippen MR) is 73.0 cm³/mol. The number of hydrogen-bond acceptors (Lipinski definition) is 1. The number of hydrogen-bond donors (Lipinski definition) is 1. The van der Waals surface area contributed by atoms with Crippen molar-refractivity contribution < 1.29 is 9.18 Å². The standard InChI is InChI=1S/C14H17BrFNO/c1-14(2)4-3-12(8-14)17-13(18)9-5-10(15)7-11(16)6-9/h5-7,12H,3-4,8H2,1-2H3,(H,17,18). The maximum atomic E-state index is 13.2. The molecule has 0 saturated heterocycles. The molecule has 0 radical (unpaired) electrons. The lowest BCUT2D eigenvalue weighted by Gasteiger charge is -2.18. The molecule has 1 atom stereocenters. The van der Waals surface area contributed by atoms with E-state index < -0.39 is 5.82 Å². The molecule has 18 heavy (non-hydrogen) atoms. The van der Waals surface area contributed by atoms with Crippen molar-refractivity contribution in [2.45, 2.75) is 39.2 Å². The van der Waals surface area contributed by atoms with Crippen molar-refractivity contribution in [1.82, 2.24) is 5.32 Å². The Bertz CT molecular complexity index is 453. The molecular formula is C14H17BrFNO. The number of rotatable bonds is 2. The number of halogens is 2. The van der Waals surface area contributed by atoms with Crippen LogP contribution in [0, 0.1) is 11.2 Å². The highest BCUT2D eigenvalue weighted by molar-refractivity contribution is 9.10. The fraction of sp³-hybridized carbons (Fsp3) is 0.500. The first-order valence-electron chi connectivity index (χ1n) is 6.13. The average Bonchev–Trinajstić information content (AvgIpc) is 2.56. The molecule has 1 saturated carbocycles. The van der Waals surface area contributed by atoms with E-state index in [2.05, 4.69) is 35.1 Å². The number of nitrogens with one attached hydrogen (secondary N) is 1. The molecule has 2 rings (SSSR count). The van der Waals surface area contributed by atoms with E-state index in [9.17, 15) is 9.18 Å². The van der Waals surface area contributed by atoms with Gasteiger partial charge in [-0.2, -0.15) is 0 Å². The maximum Gasteiger partial charge on any atom is 0.251 e. The molecule has 0 aliphatic heterocycles. The topological polar surface area (TPSA) is 29.1 Å². The Kier molecular flexibility index (Phi) is 3.76. The van der Waals surface area contributed by atoms with Gasteiger partial charge in [-0.25, -0.2) is 4.39 Å². The van der Waals surface area contributed by atoms with Crippen molar-refractivity contribution in [3.63, 3.8) is 0 Å². The number of benzene rings is 1. The Morgan fingerprint density at radius 1 is 1.44 bits per heavy atom. The van der Waals surface area contributed by atoms with E-state index >= 15 is 0 Å². The molecule has 1 aromatic rings. The number of carbonyl (C=O) groups is 1. The van der Waals surface area contributed by atoms with Crippen LogP contribution in [0.3, 0.4) is 0 Å². The fourth-order valence-corrected chi connectivity index (χ4v) is 2.98. The minimum absolute atomic E-state index is 0.196. The Labute approximate surface area is 115 Å². The molecule has 1 aliphatic rings. The highest BCUT2D eigenvalue weighted by Gasteiger charge is 2.31. The van der Waals surface area contributed by atoms with Crippen LogP contribution in [0.15, 0.2) is 22.7 Å². The van der Waals surface area contributed by atoms with Crippen molar-refractivity contribution in [2.75, 3.05) is 0 Å². The summed E-state index contributed by atoms with van der Waals surface area (Å²) in [6, 6.07) is 4.45. The highest BCUT2D eigenvalue weighted by Crippen LogP contribution is 2.37. The molecule has 0 spiro atoms. The Hall–Kier alpha value is -0.900. The van der Waals surface area contributed by atoms with Gasteiger partial charge in [-0.05, 0) is 42.9 Å². The molecule has 4 heteroatoms. The van der Waals surface area contributed by atoms with Gasteiger partial charge in [-0.1, -0.05) is 29.8 Å². The summed E-state index contributed by atoms with van der Waals surface area (Å²) in [7, 11) is 0. The van der Waals surface area contributed by atoms with Gasteiger partial charge < -0.3 is 5.32 Å². The van der Waals surface area contributed by atoms with Gasteiger partial charge in [0.1, 0.15) is 5.82 Å². The first kappa shape index (κ1) is 13.5. The van der Waals surface area contributed by atoms with E-state index in [4.69, 9.17) is 0 Å². The molecule has 2 nitrogen and oxygen atoms in total. The summed E-state index contributed by atoms with van der Waals surface area (Å²) in [5.41, 5.74) is 0.659. The average molecular weight is 314 g/mol. The zero-order valence-corrected chi connectivity index (χ0v) is 12.2. The second-order valence-electron chi connectivity index (χ2n) is 5.74. The molecule has 0 bridgehead atoms. The van der Waals surface area contributed by atoms with Crippen LogP contribution in [0.2, 0.25) is 0 Å². The normalized spacial score (nSPS) is 21.9. The van der Waals surface area contributed by atoms with Gasteiger partial charge in [0.2, 0.25) is 0 Å². The molecule has 1 N–H and O–H groups in total. The summed E-state index contributed by atoms with van der Waals surface area (Å²) < 4.78 is 13.8. The summed E-state index contributed by atoms with van der Waals surface area (Å²) >= 11 is 3.19. The minimum Gasteiger partial charge on any atom is -0.349 e. The van der Waals surface area contributed by atoms with Crippen molar-refractivity contribution in [3.8, 4) is 0 Å². The van der Waals surface area contributed by atoms with Gasteiger partial charge in [0.25, 0.3) is 5.91 Å². The molecule has 1 amide bonds. The van der Waals surface area contributed by atoms with Gasteiger partial charge in [-0.3, -0.25) is 4.79 Å². The Balaban J connectivity index is 2.04. The van der Waals surface area contributed by atoms with E-state index in [1.807, 2.05) is 0 Å². The molecule has 98 valence electrons. The SMILES string of the molecule is CC1(C)CCC(NC(=O)c2cc(F)cc(Br)c2)C1. The van der Waals surface area contributed by atoms with E-state index in [1.54, 1.807) is 6.07 Å². The van der Waals surface area contributed by atoms with Crippen molar-refractivity contribution in [1.29, 1.82) is 0 Å². The first-order chi connectivity index (χ1) is 8.35. The quantitative estimate of drug-likeness (QED) is 0.881. The zero-order valence-electron chi connectivity index (χ0n) is 10.6. The van der Waals surface area contributed by atoms with Gasteiger partial charge >= 0.3 is 0 Å². The monoisotopic (exact) mass is 313 g/mol. The van der Waals surface area contributed by atoms with E-state index in [0.717, 1.165) is 19.3 Å². The van der Waals surface area contributed by atoms with Crippen LogP contribution >= 0.6 is 15.9 Å². The van der Waals surface area contributed by atoms with Crippen LogP contribution in [-0.2, 0) is 0 Å². The van der Waals surface area contributed by atoms with Crippen LogP contribution in [0.4, 0.5) is 4.39 Å². The van der Waals surface area contributed by atoms with E-state index in [-0.39, 0.29) is 11.9 Å². The van der Waals surface area contributed by atoms with Crippen molar-refractivity contribution >= 4 is 21.8 Å². The molecule has 1 fully saturated rings. The predicted octanol–water partition coefficient (Wildman–Crippen LogP) is 3.90. The third-order valence-electron chi connectivity index (χ3n) is 3.43. The molecular weight excluding hydrogens is 297 g/mol. The molecule has 1 aliphatic carbocycles. The fourth-order valence-electron chi connectivity index (χ4n) is 2.51. The summed E-state index contributed by atoms with van der Waals surface area (Å²) in [6.07, 6.45) is 3.09. The summed E-state index contributed by atoms with van der Waals surface area (Å²) in [4.78, 5) is 12.0. The molecule has 0 heterocycles. The third kappa shape index (κ3) is 3.31. The minimum atomic E-state index is -0.402. The van der Waals surface area contributed by atoms with Gasteiger partial charge in [0.05, 0.1) is 0 Å². The van der Waals surface area contributed by atoms with Crippen LogP contribution < -0.4 is 5.32 Å². The summed E-state index contributed by atoms with van der Waals surface area (Å²) in [5, 5.41) is 2.98. The van der Waals surface area contributed by atoms with Crippen LogP contribution in [-0.4, -0.2) is 11.9 Å². The van der Waals surface area contributed by atoms with Crippen LogP contribution in [0.1, 0.15) is 43.5 Å². The van der Waals surface area contributed by atoms with Crippen LogP contribution in [0.25, 0.3) is 0 Å². The van der Waals surface area contributed by atoms with Crippen molar-refractivity contribution in [3.05, 3.63) is 34.1 Å². The highest BCUT2D eigenvalue weighted by atomic mass is 79.9. The second kappa shape index (κ2) is 5.00. The van der Waals surface area contributed by atoms with Gasteiger partial charge in [0, 0.05) is 16.1 Å². The lowest BCUT2D eigenvalue weighted by molar-refractivity contribution is 0.0935. The van der Waals surface area contributed by atoms with E-state index in [0.29, 0.717) is 15.5 Å². The second-order valence-corrected chi connectivity index (χ2v) is 6.65. The molecule has 0 aromatic heterocycles. The lowest BCUT2D eigenvalue weighted by Crippen LogP contribution is -2.33. The first-order valence-corrected chi connectivity index (χ1v) is 6.92. The Morgan fingerprint density at radius 2 is 2.17 bits per heavy atom. The summed E-state index contributed by atoms with van der Waals surface area (Å²) in [5.74, 6) is -0.598. The van der Waals surface area contributed by atoms with Gasteiger partial charge in [0.15, 0.2) is 0 Å². The lowest BCUT2D eigenvalue weighted by atomic mass is 9.92. The molecule has 1 unspecified atom stereocenters. The largest absolute Gasteiger partial charge is 0.349 e. The maximum absolute atomic E-state index is 13.2. The van der Waals surface area contributed by atoms with Crippen LogP contribution in [0.5, 0.6) is 0 Å². The number of amides is 1. The third-order valence-corrected chi connectivity index (χ3v) is 3.89. The van der Waals surface area contributed by atoms with Crippen molar-refractivity contribution in [2.24, 2.45) is 5.41 Å².